The molecule has 12 heavy (non-hydrogen) atoms. The van der Waals surface area contributed by atoms with Crippen LogP contribution >= 0.6 is 17.0 Å². The Morgan fingerprint density at radius 1 is 1.33 bits per heavy atom. The molecule has 0 amide bonds. The van der Waals surface area contributed by atoms with Crippen LogP contribution in [0.25, 0.3) is 0 Å². The van der Waals surface area contributed by atoms with Crippen molar-refractivity contribution in [3.63, 3.8) is 0 Å². The van der Waals surface area contributed by atoms with Gasteiger partial charge in [0.05, 0.1) is 0 Å². The first-order valence-electron chi connectivity index (χ1n) is 2.74. The predicted molar refractivity (Wildman–Crippen MR) is 48.6 cm³/mol. The Kier molecular flexibility index (Phi) is 13.9. The summed E-state index contributed by atoms with van der Waals surface area (Å²) in [5.41, 5.74) is 5.00. The summed E-state index contributed by atoms with van der Waals surface area (Å²) in [5.74, 6) is -2.20. The molecule has 0 fully saturated rings. The van der Waals surface area contributed by atoms with Gasteiger partial charge in [-0.3, -0.25) is 9.59 Å². The first-order valence-corrected chi connectivity index (χ1v) is 2.74. The summed E-state index contributed by atoms with van der Waals surface area (Å²) in [7, 11) is 0. The van der Waals surface area contributed by atoms with Crippen molar-refractivity contribution in [2.75, 3.05) is 0 Å². The Morgan fingerprint density at radius 3 is 2.00 bits per heavy atom. The molecule has 0 saturated carbocycles. The van der Waals surface area contributed by atoms with E-state index in [-0.39, 0.29) is 52.9 Å². The maximum atomic E-state index is 9.99. The molecule has 0 rings (SSSR count). The van der Waals surface area contributed by atoms with Gasteiger partial charge in [0, 0.05) is 29.5 Å². The molecule has 0 spiro atoms. The lowest BCUT2D eigenvalue weighted by molar-refractivity contribution is -0.139. The van der Waals surface area contributed by atoms with Gasteiger partial charge in [-0.25, -0.2) is 0 Å². The second-order valence-corrected chi connectivity index (χ2v) is 1.88. The highest BCUT2D eigenvalue weighted by molar-refractivity contribution is 8.93. The number of hydrogen-bond acceptors (Lipinski definition) is 3. The van der Waals surface area contributed by atoms with Gasteiger partial charge in [-0.2, -0.15) is 0 Å². The van der Waals surface area contributed by atoms with E-state index in [1.54, 1.807) is 0 Å². The van der Waals surface area contributed by atoms with Crippen LogP contribution in [0.3, 0.4) is 0 Å². The minimum atomic E-state index is -1.17. The predicted octanol–water partition coefficient (Wildman–Crippen LogP) is -0.540. The van der Waals surface area contributed by atoms with Crippen LogP contribution in [0, 0.1) is 0 Å². The van der Waals surface area contributed by atoms with Gasteiger partial charge in [0.2, 0.25) is 0 Å². The fraction of sp³-hybridized carbons (Fsp3) is 0.600. The summed E-state index contributed by atoms with van der Waals surface area (Å²) in [6, 6.07) is -1.06. The molecular weight excluding hydrogens is 242 g/mol. The molecule has 1 atom stereocenters. The minimum Gasteiger partial charge on any atom is -0.481 e. The molecule has 7 heteroatoms. The number of hydrogen-bond donors (Lipinski definition) is 3. The molecule has 0 bridgehead atoms. The van der Waals surface area contributed by atoms with Crippen LogP contribution in [0.15, 0.2) is 0 Å². The summed E-state index contributed by atoms with van der Waals surface area (Å²) in [6.07, 6.45) is -0.224. The molecule has 0 aromatic heterocycles. The van der Waals surface area contributed by atoms with Gasteiger partial charge in [-0.1, -0.05) is 0 Å². The van der Waals surface area contributed by atoms with Crippen LogP contribution in [-0.4, -0.2) is 51.2 Å². The zero-order valence-corrected chi connectivity index (χ0v) is 9.52. The van der Waals surface area contributed by atoms with Crippen molar-refractivity contribution < 1.29 is 19.8 Å². The van der Waals surface area contributed by atoms with Crippen molar-refractivity contribution in [1.29, 1.82) is 0 Å². The van der Waals surface area contributed by atoms with Gasteiger partial charge < -0.3 is 15.9 Å². The summed E-state index contributed by atoms with van der Waals surface area (Å²) in [5, 5.41) is 16.3. The average Bonchev–Trinajstić information content (AvgIpc) is 1.82. The number of aliphatic carboxylic acids is 2. The molecule has 0 saturated heterocycles. The summed E-state index contributed by atoms with van der Waals surface area (Å²) in [4.78, 5) is 19.9. The van der Waals surface area contributed by atoms with E-state index in [0.29, 0.717) is 0 Å². The smallest absolute Gasteiger partial charge is 0.320 e. The highest BCUT2D eigenvalue weighted by Crippen LogP contribution is 1.93. The van der Waals surface area contributed by atoms with Crippen LogP contribution in [0.2, 0.25) is 0 Å². The lowest BCUT2D eigenvalue weighted by Gasteiger charge is -2.01. The lowest BCUT2D eigenvalue weighted by Crippen LogP contribution is -2.30. The van der Waals surface area contributed by atoms with Crippen molar-refractivity contribution in [1.82, 2.24) is 0 Å². The first-order chi connectivity index (χ1) is 4.54. The van der Waals surface area contributed by atoms with Gasteiger partial charge >= 0.3 is 11.9 Å². The fourth-order valence-corrected chi connectivity index (χ4v) is 0.402. The van der Waals surface area contributed by atoms with Crippen LogP contribution < -0.4 is 5.73 Å². The summed E-state index contributed by atoms with van der Waals surface area (Å²) in [6.45, 7) is 0. The number of halogens is 1. The quantitative estimate of drug-likeness (QED) is 0.583. The minimum absolute atomic E-state index is 0. The third-order valence-corrected chi connectivity index (χ3v) is 0.986. The topological polar surface area (TPSA) is 101 Å². The van der Waals surface area contributed by atoms with Crippen LogP contribution in [0.4, 0.5) is 0 Å². The first kappa shape index (κ1) is 18.0. The third-order valence-electron chi connectivity index (χ3n) is 0.986. The molecule has 0 aliphatic carbocycles. The third kappa shape index (κ3) is 10.1. The van der Waals surface area contributed by atoms with Crippen molar-refractivity contribution in [2.45, 2.75) is 18.9 Å². The highest BCUT2D eigenvalue weighted by atomic mass is 79.9. The molecule has 5 nitrogen and oxygen atoms in total. The van der Waals surface area contributed by atoms with Crippen molar-refractivity contribution in [3.05, 3.63) is 0 Å². The molecule has 68 valence electrons. The second-order valence-electron chi connectivity index (χ2n) is 1.88. The van der Waals surface area contributed by atoms with Crippen LogP contribution in [0.5, 0.6) is 0 Å². The van der Waals surface area contributed by atoms with Crippen molar-refractivity contribution in [2.24, 2.45) is 5.73 Å². The van der Waals surface area contributed by atoms with E-state index in [0.717, 1.165) is 0 Å². The number of carboxylic acids is 2. The summed E-state index contributed by atoms with van der Waals surface area (Å²) < 4.78 is 0. The SMILES string of the molecule is Br.N[C@@H](CCC(=O)O)C(=O)O.[Mg]. The maximum absolute atomic E-state index is 9.99. The van der Waals surface area contributed by atoms with Gasteiger partial charge in [-0.15, -0.1) is 17.0 Å². The van der Waals surface area contributed by atoms with E-state index in [2.05, 4.69) is 0 Å². The Hall–Kier alpha value is 0.146. The zero-order chi connectivity index (χ0) is 8.15. The van der Waals surface area contributed by atoms with E-state index in [4.69, 9.17) is 15.9 Å². The Bertz CT molecular complexity index is 154. The van der Waals surface area contributed by atoms with E-state index < -0.39 is 18.0 Å². The normalized spacial score (nSPS) is 10.4. The average molecular weight is 252 g/mol. The number of carbonyl (C=O) groups is 2. The maximum Gasteiger partial charge on any atom is 0.320 e. The summed E-state index contributed by atoms with van der Waals surface area (Å²) >= 11 is 0. The van der Waals surface area contributed by atoms with Crippen LogP contribution in [0.1, 0.15) is 12.8 Å². The molecule has 0 heterocycles. The van der Waals surface area contributed by atoms with E-state index in [1.165, 1.54) is 0 Å². The molecule has 0 aliphatic heterocycles. The number of carboxylic acid groups (broad SMARTS) is 2. The Morgan fingerprint density at radius 2 is 1.75 bits per heavy atom. The lowest BCUT2D eigenvalue weighted by atomic mass is 10.2. The van der Waals surface area contributed by atoms with Crippen molar-refractivity contribution >= 4 is 52.0 Å². The van der Waals surface area contributed by atoms with Crippen LogP contribution in [-0.2, 0) is 9.59 Å². The van der Waals surface area contributed by atoms with Gasteiger partial charge in [0.25, 0.3) is 0 Å². The molecule has 0 aromatic carbocycles. The number of rotatable bonds is 4. The van der Waals surface area contributed by atoms with Gasteiger partial charge in [-0.05, 0) is 6.42 Å². The number of nitrogens with two attached hydrogens (primary N) is 1. The fourth-order valence-electron chi connectivity index (χ4n) is 0.402. The second kappa shape index (κ2) is 9.24. The Labute approximate surface area is 96.2 Å². The van der Waals surface area contributed by atoms with Gasteiger partial charge in [0.15, 0.2) is 0 Å². The molecule has 0 unspecified atom stereocenters. The van der Waals surface area contributed by atoms with Crippen molar-refractivity contribution in [3.8, 4) is 0 Å². The molecule has 0 aromatic rings. The zero-order valence-electron chi connectivity index (χ0n) is 6.40. The van der Waals surface area contributed by atoms with E-state index >= 15 is 0 Å². The van der Waals surface area contributed by atoms with E-state index in [9.17, 15) is 9.59 Å². The standard InChI is InChI=1S/C5H9NO4.BrH.Mg/c6-3(5(9)10)1-2-4(7)8;;/h3H,1-2,6H2,(H,7,8)(H,9,10);1H;/t3-;;/m0../s1. The van der Waals surface area contributed by atoms with E-state index in [1.807, 2.05) is 0 Å². The molecule has 2 radical (unpaired) electrons. The largest absolute Gasteiger partial charge is 0.481 e. The Balaban J connectivity index is -0.000000405. The monoisotopic (exact) mass is 251 g/mol. The molecule has 0 aliphatic rings. The highest BCUT2D eigenvalue weighted by Gasteiger charge is 2.12. The molecule has 4 N–H and O–H groups in total. The molecular formula is C5H10BrMgNO4. The van der Waals surface area contributed by atoms with Gasteiger partial charge in [0.1, 0.15) is 6.04 Å².